The summed E-state index contributed by atoms with van der Waals surface area (Å²) in [5.74, 6) is -0.550. The van der Waals surface area contributed by atoms with Gasteiger partial charge in [-0.05, 0) is 18.5 Å². The number of aromatic nitrogens is 4. The van der Waals surface area contributed by atoms with Crippen LogP contribution in [-0.4, -0.2) is 20.2 Å². The van der Waals surface area contributed by atoms with Gasteiger partial charge in [0.2, 0.25) is 5.28 Å². The summed E-state index contributed by atoms with van der Waals surface area (Å²) in [5.41, 5.74) is 0.0931. The predicted molar refractivity (Wildman–Crippen MR) is 50.6 cm³/mol. The molecule has 0 N–H and O–H groups in total. The molecule has 7 heteroatoms. The second-order valence-electron chi connectivity index (χ2n) is 2.46. The minimum atomic E-state index is -0.550. The van der Waals surface area contributed by atoms with Crippen LogP contribution in [0.4, 0.5) is 4.39 Å². The van der Waals surface area contributed by atoms with E-state index >= 15 is 0 Å². The number of hydrogen-bond donors (Lipinski definition) is 0. The Hall–Kier alpha value is -1.14. The van der Waals surface area contributed by atoms with Crippen molar-refractivity contribution in [1.82, 2.24) is 20.2 Å². The average molecular weight is 231 g/mol. The van der Waals surface area contributed by atoms with Gasteiger partial charge in [-0.25, -0.2) is 14.4 Å². The Morgan fingerprint density at radius 1 is 1.43 bits per heavy atom. The van der Waals surface area contributed by atoms with Crippen molar-refractivity contribution in [3.63, 3.8) is 0 Å². The molecule has 0 spiro atoms. The van der Waals surface area contributed by atoms with Crippen LogP contribution in [0.5, 0.6) is 0 Å². The average Bonchev–Trinajstić information content (AvgIpc) is 2.56. The van der Waals surface area contributed by atoms with Crippen LogP contribution in [0.15, 0.2) is 6.20 Å². The lowest BCUT2D eigenvalue weighted by Gasteiger charge is -1.95. The summed E-state index contributed by atoms with van der Waals surface area (Å²) in [6.45, 7) is 1.78. The number of halogens is 2. The standard InChI is InChI=1S/C7H4ClFN4S/c1-3-12-13-6(14-3)5-4(9)2-10-7(8)11-5/h2H,1H3. The van der Waals surface area contributed by atoms with Gasteiger partial charge in [-0.1, -0.05) is 11.3 Å². The van der Waals surface area contributed by atoms with Crippen LogP contribution >= 0.6 is 22.9 Å². The zero-order chi connectivity index (χ0) is 10.1. The molecule has 2 aromatic heterocycles. The second-order valence-corrected chi connectivity index (χ2v) is 3.98. The number of hydrogen-bond acceptors (Lipinski definition) is 5. The Labute approximate surface area is 87.8 Å². The topological polar surface area (TPSA) is 51.6 Å². The third kappa shape index (κ3) is 1.71. The van der Waals surface area contributed by atoms with Gasteiger partial charge in [0.15, 0.2) is 10.8 Å². The van der Waals surface area contributed by atoms with Crippen LogP contribution in [-0.2, 0) is 0 Å². The molecule has 4 nitrogen and oxygen atoms in total. The van der Waals surface area contributed by atoms with Gasteiger partial charge < -0.3 is 0 Å². The van der Waals surface area contributed by atoms with E-state index in [0.717, 1.165) is 11.2 Å². The monoisotopic (exact) mass is 230 g/mol. The summed E-state index contributed by atoms with van der Waals surface area (Å²) in [6, 6.07) is 0. The Morgan fingerprint density at radius 2 is 2.21 bits per heavy atom. The molecule has 0 unspecified atom stereocenters. The van der Waals surface area contributed by atoms with Crippen molar-refractivity contribution < 1.29 is 4.39 Å². The molecular formula is C7H4ClFN4S. The van der Waals surface area contributed by atoms with E-state index in [2.05, 4.69) is 20.2 Å². The van der Waals surface area contributed by atoms with Crippen molar-refractivity contribution in [3.8, 4) is 10.7 Å². The minimum Gasteiger partial charge on any atom is -0.223 e. The van der Waals surface area contributed by atoms with Crippen molar-refractivity contribution in [2.75, 3.05) is 0 Å². The van der Waals surface area contributed by atoms with Gasteiger partial charge in [0.25, 0.3) is 0 Å². The van der Waals surface area contributed by atoms with E-state index in [1.807, 2.05) is 0 Å². The highest BCUT2D eigenvalue weighted by molar-refractivity contribution is 7.14. The quantitative estimate of drug-likeness (QED) is 0.704. The maximum Gasteiger partial charge on any atom is 0.223 e. The Bertz CT molecular complexity index is 472. The van der Waals surface area contributed by atoms with Crippen molar-refractivity contribution in [1.29, 1.82) is 0 Å². The van der Waals surface area contributed by atoms with Crippen LogP contribution < -0.4 is 0 Å². The molecule has 0 saturated carbocycles. The van der Waals surface area contributed by atoms with Crippen LogP contribution in [0.1, 0.15) is 5.01 Å². The lowest BCUT2D eigenvalue weighted by Crippen LogP contribution is -1.91. The maximum atomic E-state index is 13.2. The van der Waals surface area contributed by atoms with Crippen molar-refractivity contribution in [2.24, 2.45) is 0 Å². The lowest BCUT2D eigenvalue weighted by atomic mass is 10.4. The van der Waals surface area contributed by atoms with Crippen LogP contribution in [0, 0.1) is 12.7 Å². The molecule has 0 aliphatic carbocycles. The highest BCUT2D eigenvalue weighted by atomic mass is 35.5. The molecule has 0 radical (unpaired) electrons. The molecule has 2 heterocycles. The summed E-state index contributed by atoms with van der Waals surface area (Å²) in [4.78, 5) is 7.25. The summed E-state index contributed by atoms with van der Waals surface area (Å²) in [7, 11) is 0. The SMILES string of the molecule is Cc1nnc(-c2nc(Cl)ncc2F)s1. The fraction of sp³-hybridized carbons (Fsp3) is 0.143. The first-order chi connectivity index (χ1) is 6.66. The summed E-state index contributed by atoms with van der Waals surface area (Å²) >= 11 is 6.79. The molecule has 72 valence electrons. The van der Waals surface area contributed by atoms with Crippen molar-refractivity contribution >= 4 is 22.9 Å². The van der Waals surface area contributed by atoms with E-state index in [1.165, 1.54) is 11.3 Å². The molecule has 2 aromatic rings. The van der Waals surface area contributed by atoms with Gasteiger partial charge in [-0.2, -0.15) is 0 Å². The zero-order valence-electron chi connectivity index (χ0n) is 7.03. The first-order valence-electron chi connectivity index (χ1n) is 3.65. The van der Waals surface area contributed by atoms with Crippen LogP contribution in [0.3, 0.4) is 0 Å². The van der Waals surface area contributed by atoms with E-state index in [4.69, 9.17) is 11.6 Å². The molecule has 0 amide bonds. The fourth-order valence-electron chi connectivity index (χ4n) is 0.888. The Balaban J connectivity index is 2.55. The molecular weight excluding hydrogens is 227 g/mol. The molecule has 0 aliphatic rings. The highest BCUT2D eigenvalue weighted by Crippen LogP contribution is 2.23. The molecule has 14 heavy (non-hydrogen) atoms. The molecule has 0 saturated heterocycles. The number of rotatable bonds is 1. The lowest BCUT2D eigenvalue weighted by molar-refractivity contribution is 0.617. The second kappa shape index (κ2) is 3.55. The van der Waals surface area contributed by atoms with E-state index in [-0.39, 0.29) is 11.0 Å². The maximum absolute atomic E-state index is 13.2. The molecule has 0 atom stereocenters. The number of nitrogens with zero attached hydrogens (tertiary/aromatic N) is 4. The number of aryl methyl sites for hydroxylation is 1. The molecule has 2 rings (SSSR count). The summed E-state index contributed by atoms with van der Waals surface area (Å²) in [6.07, 6.45) is 1.02. The highest BCUT2D eigenvalue weighted by Gasteiger charge is 2.12. The van der Waals surface area contributed by atoms with Crippen LogP contribution in [0.2, 0.25) is 5.28 Å². The largest absolute Gasteiger partial charge is 0.223 e. The Kier molecular flexibility index (Phi) is 2.39. The van der Waals surface area contributed by atoms with E-state index < -0.39 is 5.82 Å². The zero-order valence-corrected chi connectivity index (χ0v) is 8.60. The molecule has 0 aliphatic heterocycles. The Morgan fingerprint density at radius 3 is 2.86 bits per heavy atom. The predicted octanol–water partition coefficient (Wildman–Crippen LogP) is 2.10. The van der Waals surface area contributed by atoms with Gasteiger partial charge in [0.1, 0.15) is 10.7 Å². The molecule has 0 bridgehead atoms. The van der Waals surface area contributed by atoms with Crippen molar-refractivity contribution in [3.05, 3.63) is 22.3 Å². The van der Waals surface area contributed by atoms with Gasteiger partial charge in [0, 0.05) is 0 Å². The first kappa shape index (κ1) is 9.42. The first-order valence-corrected chi connectivity index (χ1v) is 4.85. The van der Waals surface area contributed by atoms with Crippen molar-refractivity contribution in [2.45, 2.75) is 6.92 Å². The van der Waals surface area contributed by atoms with Gasteiger partial charge in [-0.15, -0.1) is 10.2 Å². The normalized spacial score (nSPS) is 10.5. The molecule has 0 fully saturated rings. The third-order valence-corrected chi connectivity index (χ3v) is 2.47. The van der Waals surface area contributed by atoms with E-state index in [1.54, 1.807) is 6.92 Å². The van der Waals surface area contributed by atoms with Crippen LogP contribution in [0.25, 0.3) is 10.7 Å². The summed E-state index contributed by atoms with van der Waals surface area (Å²) < 4.78 is 13.2. The van der Waals surface area contributed by atoms with Gasteiger partial charge in [-0.3, -0.25) is 0 Å². The molecule has 0 aromatic carbocycles. The van der Waals surface area contributed by atoms with Gasteiger partial charge in [0.05, 0.1) is 6.20 Å². The summed E-state index contributed by atoms with van der Waals surface area (Å²) in [5, 5.41) is 8.68. The van der Waals surface area contributed by atoms with E-state index in [0.29, 0.717) is 5.01 Å². The third-order valence-electron chi connectivity index (χ3n) is 1.44. The smallest absolute Gasteiger partial charge is 0.223 e. The van der Waals surface area contributed by atoms with E-state index in [9.17, 15) is 4.39 Å². The minimum absolute atomic E-state index is 0.00532. The van der Waals surface area contributed by atoms with Gasteiger partial charge >= 0.3 is 0 Å². The fourth-order valence-corrected chi connectivity index (χ4v) is 1.70.